The summed E-state index contributed by atoms with van der Waals surface area (Å²) < 4.78 is 23.3. The highest BCUT2D eigenvalue weighted by Gasteiger charge is 2.12. The van der Waals surface area contributed by atoms with Crippen LogP contribution in [0.5, 0.6) is 5.75 Å². The van der Waals surface area contributed by atoms with E-state index in [-0.39, 0.29) is 18.1 Å². The summed E-state index contributed by atoms with van der Waals surface area (Å²) in [5.41, 5.74) is 1.36. The minimum Gasteiger partial charge on any atom is -0.494 e. The standard InChI is InChI=1S/C20H21FN2O5/c1-23(2)20(26)14-5-7-15(8-6-14)22-18(24)12-28-19(25)11-13-4-9-17(27-3)16(21)10-13/h4-10H,11-12H2,1-3H3,(H,22,24). The first-order chi connectivity index (χ1) is 13.3. The minimum absolute atomic E-state index is 0.0785. The number of rotatable bonds is 7. The Morgan fingerprint density at radius 1 is 1.07 bits per heavy atom. The summed E-state index contributed by atoms with van der Waals surface area (Å²) in [6.07, 6.45) is -0.171. The monoisotopic (exact) mass is 388 g/mol. The van der Waals surface area contributed by atoms with Gasteiger partial charge in [-0.15, -0.1) is 0 Å². The second-order valence-corrected chi connectivity index (χ2v) is 6.13. The van der Waals surface area contributed by atoms with Crippen molar-refractivity contribution in [3.05, 3.63) is 59.4 Å². The number of hydrogen-bond acceptors (Lipinski definition) is 5. The number of carbonyl (C=O) groups excluding carboxylic acids is 3. The Kier molecular flexibility index (Phi) is 7.08. The molecule has 28 heavy (non-hydrogen) atoms. The Morgan fingerprint density at radius 2 is 1.75 bits per heavy atom. The molecule has 0 saturated carbocycles. The van der Waals surface area contributed by atoms with Gasteiger partial charge in [0.1, 0.15) is 0 Å². The predicted molar refractivity (Wildman–Crippen MR) is 101 cm³/mol. The molecule has 2 rings (SSSR count). The van der Waals surface area contributed by atoms with Gasteiger partial charge >= 0.3 is 5.97 Å². The third kappa shape index (κ3) is 5.80. The molecular weight excluding hydrogens is 367 g/mol. The maximum Gasteiger partial charge on any atom is 0.310 e. The molecule has 0 spiro atoms. The van der Waals surface area contributed by atoms with Gasteiger partial charge in [-0.1, -0.05) is 6.07 Å². The average Bonchev–Trinajstić information content (AvgIpc) is 2.66. The zero-order valence-electron chi connectivity index (χ0n) is 15.8. The van der Waals surface area contributed by atoms with E-state index < -0.39 is 24.3 Å². The summed E-state index contributed by atoms with van der Waals surface area (Å²) in [5, 5.41) is 2.56. The third-order valence-electron chi connectivity index (χ3n) is 3.75. The second-order valence-electron chi connectivity index (χ2n) is 6.13. The Labute approximate surface area is 162 Å². The summed E-state index contributed by atoms with van der Waals surface area (Å²) in [4.78, 5) is 37.0. The van der Waals surface area contributed by atoms with Gasteiger partial charge in [0.05, 0.1) is 13.5 Å². The quantitative estimate of drug-likeness (QED) is 0.736. The molecule has 148 valence electrons. The van der Waals surface area contributed by atoms with E-state index in [2.05, 4.69) is 5.32 Å². The molecule has 0 aromatic heterocycles. The van der Waals surface area contributed by atoms with Gasteiger partial charge in [-0.2, -0.15) is 0 Å². The molecule has 2 amide bonds. The summed E-state index contributed by atoms with van der Waals surface area (Å²) in [5.74, 6) is -1.84. The van der Waals surface area contributed by atoms with Crippen LogP contribution in [0.4, 0.5) is 10.1 Å². The van der Waals surface area contributed by atoms with Crippen molar-refractivity contribution in [1.29, 1.82) is 0 Å². The van der Waals surface area contributed by atoms with Crippen LogP contribution < -0.4 is 10.1 Å². The first kappa shape index (κ1) is 20.9. The van der Waals surface area contributed by atoms with Crippen molar-refractivity contribution in [3.63, 3.8) is 0 Å². The highest BCUT2D eigenvalue weighted by Crippen LogP contribution is 2.18. The van der Waals surface area contributed by atoms with Crippen LogP contribution in [-0.4, -0.2) is 50.5 Å². The molecule has 0 aliphatic heterocycles. The molecule has 0 unspecified atom stereocenters. The number of carbonyl (C=O) groups is 3. The van der Waals surface area contributed by atoms with Crippen molar-refractivity contribution in [2.45, 2.75) is 6.42 Å². The lowest BCUT2D eigenvalue weighted by molar-refractivity contribution is -0.146. The molecule has 0 aliphatic rings. The van der Waals surface area contributed by atoms with E-state index in [0.717, 1.165) is 0 Å². The number of anilines is 1. The highest BCUT2D eigenvalue weighted by atomic mass is 19.1. The van der Waals surface area contributed by atoms with Crippen LogP contribution in [0.3, 0.4) is 0 Å². The molecule has 2 aromatic carbocycles. The molecule has 1 N–H and O–H groups in total. The maximum atomic E-state index is 13.6. The Bertz CT molecular complexity index is 865. The first-order valence-corrected chi connectivity index (χ1v) is 8.39. The van der Waals surface area contributed by atoms with Crippen molar-refractivity contribution in [3.8, 4) is 5.75 Å². The van der Waals surface area contributed by atoms with Gasteiger partial charge in [0.25, 0.3) is 11.8 Å². The number of halogens is 1. The maximum absolute atomic E-state index is 13.6. The summed E-state index contributed by atoms with van der Waals surface area (Å²) in [6, 6.07) is 10.5. The summed E-state index contributed by atoms with van der Waals surface area (Å²) >= 11 is 0. The van der Waals surface area contributed by atoms with E-state index in [4.69, 9.17) is 9.47 Å². The normalized spacial score (nSPS) is 10.1. The number of esters is 1. The number of methoxy groups -OCH3 is 1. The fourth-order valence-corrected chi connectivity index (χ4v) is 2.33. The fourth-order valence-electron chi connectivity index (χ4n) is 2.33. The number of nitrogens with zero attached hydrogens (tertiary/aromatic N) is 1. The van der Waals surface area contributed by atoms with Crippen LogP contribution in [0.25, 0.3) is 0 Å². The highest BCUT2D eigenvalue weighted by molar-refractivity contribution is 5.96. The van der Waals surface area contributed by atoms with Gasteiger partial charge in [0.2, 0.25) is 0 Å². The van der Waals surface area contributed by atoms with E-state index in [1.54, 1.807) is 44.4 Å². The number of hydrogen-bond donors (Lipinski definition) is 1. The van der Waals surface area contributed by atoms with Crippen LogP contribution in [0.2, 0.25) is 0 Å². The molecule has 0 fully saturated rings. The van der Waals surface area contributed by atoms with Crippen LogP contribution in [0.15, 0.2) is 42.5 Å². The van der Waals surface area contributed by atoms with Crippen molar-refractivity contribution in [2.75, 3.05) is 33.1 Å². The molecule has 0 atom stereocenters. The van der Waals surface area contributed by atoms with Crippen molar-refractivity contribution >= 4 is 23.5 Å². The number of benzene rings is 2. The second kappa shape index (κ2) is 9.50. The van der Waals surface area contributed by atoms with Crippen LogP contribution >= 0.6 is 0 Å². The number of amides is 2. The van der Waals surface area contributed by atoms with E-state index in [1.807, 2.05) is 0 Å². The molecule has 0 saturated heterocycles. The van der Waals surface area contributed by atoms with Gasteiger partial charge < -0.3 is 19.7 Å². The predicted octanol–water partition coefficient (Wildman–Crippen LogP) is 2.26. The summed E-state index contributed by atoms with van der Waals surface area (Å²) in [6.45, 7) is -0.476. The van der Waals surface area contributed by atoms with Crippen LogP contribution in [-0.2, 0) is 20.7 Å². The summed E-state index contributed by atoms with van der Waals surface area (Å²) in [7, 11) is 4.64. The minimum atomic E-state index is -0.661. The fraction of sp³-hybridized carbons (Fsp3) is 0.250. The van der Waals surface area contributed by atoms with Gasteiger partial charge in [-0.05, 0) is 42.0 Å². The molecule has 0 aliphatic carbocycles. The zero-order chi connectivity index (χ0) is 20.7. The van der Waals surface area contributed by atoms with E-state index in [1.165, 1.54) is 24.1 Å². The SMILES string of the molecule is COc1ccc(CC(=O)OCC(=O)Nc2ccc(C(=O)N(C)C)cc2)cc1F. The molecule has 2 aromatic rings. The zero-order valence-corrected chi connectivity index (χ0v) is 15.8. The lowest BCUT2D eigenvalue weighted by Gasteiger charge is -2.11. The molecule has 7 nitrogen and oxygen atoms in total. The van der Waals surface area contributed by atoms with Crippen molar-refractivity contribution < 1.29 is 28.2 Å². The molecule has 0 radical (unpaired) electrons. The van der Waals surface area contributed by atoms with E-state index in [0.29, 0.717) is 16.8 Å². The average molecular weight is 388 g/mol. The van der Waals surface area contributed by atoms with E-state index >= 15 is 0 Å². The molecule has 0 bridgehead atoms. The lowest BCUT2D eigenvalue weighted by Crippen LogP contribution is -2.22. The molecule has 8 heteroatoms. The van der Waals surface area contributed by atoms with Crippen molar-refractivity contribution in [2.24, 2.45) is 0 Å². The Hall–Kier alpha value is -3.42. The smallest absolute Gasteiger partial charge is 0.310 e. The largest absolute Gasteiger partial charge is 0.494 e. The van der Waals surface area contributed by atoms with Gasteiger partial charge in [-0.3, -0.25) is 14.4 Å². The first-order valence-electron chi connectivity index (χ1n) is 8.39. The molecular formula is C20H21FN2O5. The van der Waals surface area contributed by atoms with Gasteiger partial charge in [-0.25, -0.2) is 4.39 Å². The number of ether oxygens (including phenoxy) is 2. The van der Waals surface area contributed by atoms with Gasteiger partial charge in [0.15, 0.2) is 18.2 Å². The van der Waals surface area contributed by atoms with Crippen molar-refractivity contribution in [1.82, 2.24) is 4.90 Å². The lowest BCUT2D eigenvalue weighted by atomic mass is 10.1. The topological polar surface area (TPSA) is 84.9 Å². The molecule has 0 heterocycles. The van der Waals surface area contributed by atoms with Crippen LogP contribution in [0.1, 0.15) is 15.9 Å². The van der Waals surface area contributed by atoms with Gasteiger partial charge in [0, 0.05) is 25.3 Å². The van der Waals surface area contributed by atoms with Crippen LogP contribution in [0, 0.1) is 5.82 Å². The Balaban J connectivity index is 1.82. The van der Waals surface area contributed by atoms with E-state index in [9.17, 15) is 18.8 Å². The Morgan fingerprint density at radius 3 is 2.32 bits per heavy atom. The third-order valence-corrected chi connectivity index (χ3v) is 3.75. The number of nitrogens with one attached hydrogen (secondary N) is 1.